The van der Waals surface area contributed by atoms with Gasteiger partial charge in [-0.15, -0.1) is 0 Å². The summed E-state index contributed by atoms with van der Waals surface area (Å²) in [5.41, 5.74) is 1.85. The van der Waals surface area contributed by atoms with Crippen LogP contribution in [-0.4, -0.2) is 24.5 Å². The summed E-state index contributed by atoms with van der Waals surface area (Å²) >= 11 is 0. The average molecular weight is 234 g/mol. The van der Waals surface area contributed by atoms with Gasteiger partial charge in [0.05, 0.1) is 23.5 Å². The van der Waals surface area contributed by atoms with Crippen molar-refractivity contribution in [1.82, 2.24) is 0 Å². The Bertz CT molecular complexity index is 471. The van der Waals surface area contributed by atoms with E-state index in [9.17, 15) is 9.59 Å². The molecule has 0 fully saturated rings. The van der Waals surface area contributed by atoms with Crippen molar-refractivity contribution in [2.45, 2.75) is 19.9 Å². The van der Waals surface area contributed by atoms with E-state index < -0.39 is 0 Å². The van der Waals surface area contributed by atoms with Crippen molar-refractivity contribution in [2.24, 2.45) is 0 Å². The number of nitrogens with one attached hydrogen (secondary N) is 2. The molecule has 1 atom stereocenters. The van der Waals surface area contributed by atoms with Gasteiger partial charge in [-0.1, -0.05) is 0 Å². The van der Waals surface area contributed by atoms with Crippen molar-refractivity contribution in [3.63, 3.8) is 0 Å². The fraction of sp³-hybridized carbons (Fsp3) is 0.333. The topological polar surface area (TPSA) is 67.4 Å². The minimum absolute atomic E-state index is 0.112. The van der Waals surface area contributed by atoms with Gasteiger partial charge in [-0.2, -0.15) is 0 Å². The number of carbonyl (C=O) groups excluding carboxylic acids is 2. The number of carbonyl (C=O) groups is 2. The Morgan fingerprint density at radius 1 is 1.41 bits per heavy atom. The SMILES string of the molecule is CCOC(=O)c1ccc2c(c1)NC(=O)C(C)N2. The highest BCUT2D eigenvalue weighted by Gasteiger charge is 2.22. The average Bonchev–Trinajstić information content (AvgIpc) is 2.30. The molecular weight excluding hydrogens is 220 g/mol. The number of hydrogen-bond acceptors (Lipinski definition) is 4. The number of esters is 1. The first-order valence-electron chi connectivity index (χ1n) is 5.50. The van der Waals surface area contributed by atoms with Crippen LogP contribution < -0.4 is 10.6 Å². The third-order valence-electron chi connectivity index (χ3n) is 2.55. The molecule has 1 unspecified atom stereocenters. The maximum Gasteiger partial charge on any atom is 0.338 e. The molecule has 5 heteroatoms. The molecule has 1 amide bonds. The van der Waals surface area contributed by atoms with Crippen LogP contribution in [0.15, 0.2) is 18.2 Å². The number of hydrogen-bond donors (Lipinski definition) is 2. The first kappa shape index (κ1) is 11.4. The van der Waals surface area contributed by atoms with Crippen LogP contribution >= 0.6 is 0 Å². The Kier molecular flexibility index (Phi) is 2.99. The summed E-state index contributed by atoms with van der Waals surface area (Å²) in [4.78, 5) is 23.0. The molecule has 2 rings (SSSR count). The lowest BCUT2D eigenvalue weighted by molar-refractivity contribution is -0.116. The summed E-state index contributed by atoms with van der Waals surface area (Å²) in [7, 11) is 0. The van der Waals surface area contributed by atoms with Gasteiger partial charge in [-0.05, 0) is 32.0 Å². The van der Waals surface area contributed by atoms with Crippen LogP contribution in [0.1, 0.15) is 24.2 Å². The summed E-state index contributed by atoms with van der Waals surface area (Å²) in [5.74, 6) is -0.498. The van der Waals surface area contributed by atoms with Crippen molar-refractivity contribution in [2.75, 3.05) is 17.2 Å². The molecule has 0 aromatic heterocycles. The molecule has 90 valence electrons. The predicted molar refractivity (Wildman–Crippen MR) is 64.1 cm³/mol. The van der Waals surface area contributed by atoms with E-state index in [1.165, 1.54) is 0 Å². The van der Waals surface area contributed by atoms with Gasteiger partial charge < -0.3 is 15.4 Å². The van der Waals surface area contributed by atoms with Crippen LogP contribution in [0.2, 0.25) is 0 Å². The van der Waals surface area contributed by atoms with E-state index in [-0.39, 0.29) is 17.9 Å². The van der Waals surface area contributed by atoms with E-state index in [0.717, 1.165) is 5.69 Å². The van der Waals surface area contributed by atoms with E-state index in [1.54, 1.807) is 32.0 Å². The van der Waals surface area contributed by atoms with E-state index in [4.69, 9.17) is 4.74 Å². The van der Waals surface area contributed by atoms with Crippen LogP contribution in [0.25, 0.3) is 0 Å². The van der Waals surface area contributed by atoms with E-state index in [0.29, 0.717) is 17.9 Å². The Balaban J connectivity index is 2.28. The lowest BCUT2D eigenvalue weighted by Crippen LogP contribution is -2.36. The molecule has 0 radical (unpaired) electrons. The number of ether oxygens (including phenoxy) is 1. The van der Waals surface area contributed by atoms with Crippen molar-refractivity contribution < 1.29 is 14.3 Å². The standard InChI is InChI=1S/C12H14N2O3/c1-3-17-12(16)8-4-5-9-10(6-8)14-11(15)7(2)13-9/h4-7,13H,3H2,1-2H3,(H,14,15). The lowest BCUT2D eigenvalue weighted by Gasteiger charge is -2.24. The highest BCUT2D eigenvalue weighted by molar-refractivity contribution is 6.04. The molecule has 1 aromatic carbocycles. The molecule has 1 heterocycles. The second kappa shape index (κ2) is 4.45. The summed E-state index contributed by atoms with van der Waals surface area (Å²) in [6.45, 7) is 3.86. The largest absolute Gasteiger partial charge is 0.462 e. The van der Waals surface area contributed by atoms with Crippen molar-refractivity contribution in [1.29, 1.82) is 0 Å². The van der Waals surface area contributed by atoms with Crippen LogP contribution in [0.3, 0.4) is 0 Å². The Morgan fingerprint density at radius 2 is 2.18 bits per heavy atom. The molecular formula is C12H14N2O3. The molecule has 0 spiro atoms. The smallest absolute Gasteiger partial charge is 0.338 e. The third-order valence-corrected chi connectivity index (χ3v) is 2.55. The molecule has 0 saturated carbocycles. The van der Waals surface area contributed by atoms with E-state index in [1.807, 2.05) is 0 Å². The molecule has 1 aromatic rings. The zero-order chi connectivity index (χ0) is 12.4. The van der Waals surface area contributed by atoms with E-state index >= 15 is 0 Å². The normalized spacial score (nSPS) is 17.8. The molecule has 0 saturated heterocycles. The number of fused-ring (bicyclic) bond motifs is 1. The quantitative estimate of drug-likeness (QED) is 0.763. The Morgan fingerprint density at radius 3 is 2.88 bits per heavy atom. The monoisotopic (exact) mass is 234 g/mol. The summed E-state index contributed by atoms with van der Waals surface area (Å²) in [6, 6.07) is 4.78. The van der Waals surface area contributed by atoms with Crippen LogP contribution in [-0.2, 0) is 9.53 Å². The first-order valence-corrected chi connectivity index (χ1v) is 5.50. The highest BCUT2D eigenvalue weighted by Crippen LogP contribution is 2.27. The van der Waals surface area contributed by atoms with Crippen LogP contribution in [0.5, 0.6) is 0 Å². The molecule has 0 aliphatic carbocycles. The zero-order valence-corrected chi connectivity index (χ0v) is 9.74. The van der Waals surface area contributed by atoms with Gasteiger partial charge in [-0.3, -0.25) is 4.79 Å². The maximum absolute atomic E-state index is 11.5. The van der Waals surface area contributed by atoms with Gasteiger partial charge in [0, 0.05) is 0 Å². The van der Waals surface area contributed by atoms with Gasteiger partial charge >= 0.3 is 5.97 Å². The van der Waals surface area contributed by atoms with E-state index in [2.05, 4.69) is 10.6 Å². The van der Waals surface area contributed by atoms with Crippen LogP contribution in [0.4, 0.5) is 11.4 Å². The third kappa shape index (κ3) is 2.22. The summed E-state index contributed by atoms with van der Waals surface area (Å²) in [5, 5.41) is 5.78. The number of rotatable bonds is 2. The molecule has 0 bridgehead atoms. The Hall–Kier alpha value is -2.04. The molecule has 1 aliphatic rings. The molecule has 1 aliphatic heterocycles. The lowest BCUT2D eigenvalue weighted by atomic mass is 10.1. The Labute approximate surface area is 99.2 Å². The van der Waals surface area contributed by atoms with Gasteiger partial charge in [0.25, 0.3) is 0 Å². The van der Waals surface area contributed by atoms with Crippen molar-refractivity contribution in [3.05, 3.63) is 23.8 Å². The number of benzene rings is 1. The number of amides is 1. The second-order valence-corrected chi connectivity index (χ2v) is 3.84. The van der Waals surface area contributed by atoms with Crippen LogP contribution in [0, 0.1) is 0 Å². The van der Waals surface area contributed by atoms with Crippen molar-refractivity contribution >= 4 is 23.3 Å². The van der Waals surface area contributed by atoms with Gasteiger partial charge in [0.15, 0.2) is 0 Å². The van der Waals surface area contributed by atoms with Crippen molar-refractivity contribution in [3.8, 4) is 0 Å². The first-order chi connectivity index (χ1) is 8.11. The minimum atomic E-state index is -0.386. The zero-order valence-electron chi connectivity index (χ0n) is 9.74. The molecule has 5 nitrogen and oxygen atoms in total. The molecule has 17 heavy (non-hydrogen) atoms. The maximum atomic E-state index is 11.5. The van der Waals surface area contributed by atoms with Gasteiger partial charge in [0.1, 0.15) is 6.04 Å². The summed E-state index contributed by atoms with van der Waals surface area (Å²) < 4.78 is 4.89. The predicted octanol–water partition coefficient (Wildman–Crippen LogP) is 1.62. The number of anilines is 2. The summed E-state index contributed by atoms with van der Waals surface area (Å²) in [6.07, 6.45) is 0. The minimum Gasteiger partial charge on any atom is -0.462 e. The fourth-order valence-electron chi connectivity index (χ4n) is 1.65. The molecule has 2 N–H and O–H groups in total. The highest BCUT2D eigenvalue weighted by atomic mass is 16.5. The van der Waals surface area contributed by atoms with Gasteiger partial charge in [0.2, 0.25) is 5.91 Å². The second-order valence-electron chi connectivity index (χ2n) is 3.84. The fourth-order valence-corrected chi connectivity index (χ4v) is 1.65. The van der Waals surface area contributed by atoms with Gasteiger partial charge in [-0.25, -0.2) is 4.79 Å².